The number of aldehydes is 1. The summed E-state index contributed by atoms with van der Waals surface area (Å²) >= 11 is 6.14. The van der Waals surface area contributed by atoms with Crippen LogP contribution in [-0.2, 0) is 34.3 Å². The van der Waals surface area contributed by atoms with Crippen molar-refractivity contribution in [2.45, 2.75) is 267 Å². The topological polar surface area (TPSA) is 396 Å². The Morgan fingerprint density at radius 1 is 0.531 bits per heavy atom. The third-order valence-corrected chi connectivity index (χ3v) is 26.9. The van der Waals surface area contributed by atoms with Gasteiger partial charge in [0.15, 0.2) is 10.1 Å². The molecule has 10 N–H and O–H groups in total. The third kappa shape index (κ3) is 32.5. The molecule has 726 valence electrons. The number of alkyl halides is 8. The third-order valence-electron chi connectivity index (χ3n) is 24.2. The number of anilines is 5. The van der Waals surface area contributed by atoms with E-state index in [0.29, 0.717) is 183 Å². The minimum Gasteiger partial charge on any atom is -0.444 e. The number of carbonyl (C=O) groups is 7. The van der Waals surface area contributed by atoms with Crippen molar-refractivity contribution in [3.05, 3.63) is 76.9 Å². The maximum absolute atomic E-state index is 13.7. The quantitative estimate of drug-likeness (QED) is 0.0260. The molecule has 4 aliphatic carbocycles. The normalized spacial score (nSPS) is 22.8. The van der Waals surface area contributed by atoms with Gasteiger partial charge < -0.3 is 71.5 Å². The Balaban J connectivity index is 0.000000192. The Labute approximate surface area is 762 Å². The van der Waals surface area contributed by atoms with E-state index in [9.17, 15) is 85.5 Å². The fourth-order valence-electron chi connectivity index (χ4n) is 17.4. The molecule has 14 rings (SSSR count). The van der Waals surface area contributed by atoms with E-state index in [2.05, 4.69) is 93.8 Å². The molecule has 8 amide bonds. The Morgan fingerprint density at radius 3 is 1.40 bits per heavy atom. The molecule has 4 saturated carbocycles. The molecule has 10 aliphatic rings. The van der Waals surface area contributed by atoms with Crippen molar-refractivity contribution in [2.75, 3.05) is 124 Å². The van der Waals surface area contributed by atoms with Crippen molar-refractivity contribution in [2.24, 2.45) is 41.2 Å². The van der Waals surface area contributed by atoms with Gasteiger partial charge in [0.25, 0.3) is 31.9 Å². The fraction of sp³-hybridized carbons (Fsp3) is 0.693. The molecule has 4 saturated heterocycles. The lowest BCUT2D eigenvalue weighted by Gasteiger charge is -2.34. The first-order valence-electron chi connectivity index (χ1n) is 45.0. The van der Waals surface area contributed by atoms with Crippen LogP contribution in [0.2, 0.25) is 5.15 Å². The van der Waals surface area contributed by atoms with Crippen molar-refractivity contribution < 1.29 is 95.0 Å². The maximum atomic E-state index is 13.7. The Bertz CT molecular complexity index is 4710. The summed E-state index contributed by atoms with van der Waals surface area (Å²) < 4.78 is 170. The minimum absolute atomic E-state index is 0.00446. The molecule has 130 heavy (non-hydrogen) atoms. The van der Waals surface area contributed by atoms with Crippen molar-refractivity contribution in [1.82, 2.24) is 60.4 Å². The van der Waals surface area contributed by atoms with Gasteiger partial charge in [0, 0.05) is 160 Å². The number of rotatable bonds is 13. The molecule has 4 aromatic heterocycles. The zero-order valence-corrected chi connectivity index (χ0v) is 78.5. The highest BCUT2D eigenvalue weighted by molar-refractivity contribution is 7.90. The average Bonchev–Trinajstić information content (AvgIpc) is 1.63. The maximum Gasteiger partial charge on any atom is 0.407 e. The van der Waals surface area contributed by atoms with Crippen LogP contribution in [0.15, 0.2) is 70.7 Å². The Kier molecular flexibility index (Phi) is 36.4. The molecular formula is C88H131ClF8N18O13S2. The van der Waals surface area contributed by atoms with Gasteiger partial charge in [0.1, 0.15) is 51.7 Å². The van der Waals surface area contributed by atoms with E-state index >= 15 is 0 Å². The molecular weight excluding hydrogens is 1770 g/mol. The zero-order valence-electron chi connectivity index (χ0n) is 76.1. The number of amides is 8. The van der Waals surface area contributed by atoms with Gasteiger partial charge in [-0.1, -0.05) is 23.7 Å². The molecule has 31 nitrogen and oxygen atoms in total. The van der Waals surface area contributed by atoms with Crippen LogP contribution in [0.3, 0.4) is 0 Å². The van der Waals surface area contributed by atoms with E-state index in [4.69, 9.17) is 31.8 Å². The van der Waals surface area contributed by atoms with Crippen LogP contribution >= 0.6 is 11.6 Å². The minimum atomic E-state index is -4.29. The summed E-state index contributed by atoms with van der Waals surface area (Å²) in [7, 11) is -8.45. The largest absolute Gasteiger partial charge is 0.444 e. The van der Waals surface area contributed by atoms with Crippen LogP contribution in [0.25, 0.3) is 0 Å². The molecule has 8 bridgehead atoms. The monoisotopic (exact) mass is 1900 g/mol. The molecule has 2 atom stereocenters. The lowest BCUT2D eigenvalue weighted by atomic mass is 9.86. The standard InChI is InChI=1S/C30H39F2N7O4S.C20H24ClN5O3S.C14H26F2N2O2.C10H16F2N2O.C7H10F2O.C7H16N2O2/c1-29(2)17-21-5-4-14-33-23-6-3-7-25(34-23)44(42,43)36-27(40)22-8-9-24(35-26(22)39(29)19-21)38-16-15-37(28(38)41)18-20-10-12-30(31,32)13-11-20;1-20(2)11-13-5-4-10-22-16-6-3-7-17(24-16)30(28,29)25-19(27)14-8-9-15(21)23-18(14)26(20)12-13;1-13(2,3)20-12(19)18-9-8-17-10-11-4-6-14(15,16)7-5-11;11-10(12)3-1-8(2-4-10)7-14-6-5-13-9(14)15;8-7(9)3-1-6(5-10)2-4-7;1-7(2,3)11-6(10)9-5-4-8/h3,6-9,20-21H,4-5,10-19H2,1-2H3,(H,33,34)(H,36,40);3,6-9,13H,4-5,10-12H2,1-2H3,(H,22,24)(H,25,27);11,17H,4-10H2,1-3H3,(H,18,19);8H,1-7H2,(H,13,15);5-6H,1-4H2;4-5,8H2,1-3H3,(H,9,10)/t21-;13-;;;;/m00..../s1. The molecule has 6 aliphatic heterocycles. The molecule has 10 heterocycles. The molecule has 0 aromatic carbocycles. The van der Waals surface area contributed by atoms with E-state index < -0.39 is 78.9 Å². The van der Waals surface area contributed by atoms with Crippen molar-refractivity contribution in [1.29, 1.82) is 0 Å². The first-order chi connectivity index (χ1) is 60.8. The van der Waals surface area contributed by atoms with Crippen LogP contribution in [0, 0.1) is 35.5 Å². The van der Waals surface area contributed by atoms with E-state index in [1.54, 1.807) is 45.0 Å². The summed E-state index contributed by atoms with van der Waals surface area (Å²) in [5, 5.41) is 17.2. The molecule has 0 spiro atoms. The summed E-state index contributed by atoms with van der Waals surface area (Å²) in [6, 6.07) is 15.0. The van der Waals surface area contributed by atoms with Gasteiger partial charge in [-0.3, -0.25) is 14.5 Å². The number of hydrogen-bond acceptors (Lipinski definition) is 23. The number of alkyl carbamates (subject to hydrolysis) is 2. The van der Waals surface area contributed by atoms with Crippen LogP contribution in [-0.4, -0.2) is 233 Å². The first kappa shape index (κ1) is 105. The number of nitrogens with two attached hydrogens (primary N) is 1. The van der Waals surface area contributed by atoms with Crippen LogP contribution in [0.5, 0.6) is 0 Å². The van der Waals surface area contributed by atoms with E-state index in [1.807, 2.05) is 41.5 Å². The number of aromatic nitrogens is 4. The number of pyridine rings is 4. The summed E-state index contributed by atoms with van der Waals surface area (Å²) in [6.45, 7) is 27.8. The number of ether oxygens (including phenoxy) is 2. The predicted octanol–water partition coefficient (Wildman–Crippen LogP) is 14.8. The van der Waals surface area contributed by atoms with Crippen molar-refractivity contribution >= 4 is 103 Å². The summed E-state index contributed by atoms with van der Waals surface area (Å²) in [5.41, 5.74) is 3.87. The van der Waals surface area contributed by atoms with Gasteiger partial charge in [0.2, 0.25) is 23.7 Å². The van der Waals surface area contributed by atoms with Gasteiger partial charge in [0.05, 0.1) is 11.1 Å². The fourth-order valence-corrected chi connectivity index (χ4v) is 19.4. The number of hydrogen-bond donors (Lipinski definition) is 9. The lowest BCUT2D eigenvalue weighted by Crippen LogP contribution is -2.41. The highest BCUT2D eigenvalue weighted by atomic mass is 35.5. The molecule has 0 radical (unpaired) electrons. The zero-order chi connectivity index (χ0) is 95.4. The van der Waals surface area contributed by atoms with Gasteiger partial charge in [-0.2, -0.15) is 16.8 Å². The number of nitrogens with zero attached hydrogens (tertiary/aromatic N) is 9. The number of halogens is 9. The summed E-state index contributed by atoms with van der Waals surface area (Å²) in [5.74, 6) is -8.47. The SMILES string of the molecule is CC(C)(C)OC(=O)NCCN.CC(C)(C)OC(=O)NCCNCC1CCC(F)(F)CC1.CC1(C)C[C@@H]2CCCNc3cccc(n3)S(=O)(=O)NC(=O)c3ccc(Cl)nc3N1C2.CC1(C)C[C@@H]2CCCNc3cccc(n3)S(=O)(=O)NC(=O)c3ccc(N4CCN(CC5CCC(F)(F)CC5)C4=O)nc3N1C2.O=C1NCCN1CC1CCC(F)(F)CC1.O=CC1CCC(F)(F)CC1. The Morgan fingerprint density at radius 2 is 0.962 bits per heavy atom. The van der Waals surface area contributed by atoms with Gasteiger partial charge in [-0.15, -0.1) is 0 Å². The average molecular weight is 1900 g/mol. The van der Waals surface area contributed by atoms with Gasteiger partial charge >= 0.3 is 24.2 Å². The van der Waals surface area contributed by atoms with Crippen LogP contribution in [0.1, 0.15) is 231 Å². The second kappa shape index (κ2) is 45.2. The number of carbonyl (C=O) groups excluding carboxylic acids is 7. The Hall–Kier alpha value is -8.96. The lowest BCUT2D eigenvalue weighted by molar-refractivity contribution is -0.115. The molecule has 4 aromatic rings. The van der Waals surface area contributed by atoms with E-state index in [-0.39, 0.29) is 119 Å². The molecule has 42 heteroatoms. The van der Waals surface area contributed by atoms with E-state index in [0.717, 1.165) is 57.9 Å². The number of nitrogens with one attached hydrogen (secondary N) is 8. The second-order valence-electron chi connectivity index (χ2n) is 38.4. The summed E-state index contributed by atoms with van der Waals surface area (Å²) in [4.78, 5) is 110. The molecule has 0 unspecified atom stereocenters. The first-order valence-corrected chi connectivity index (χ1v) is 48.3. The number of sulfonamides is 2. The van der Waals surface area contributed by atoms with E-state index in [1.165, 1.54) is 30.3 Å². The number of urea groups is 2. The summed E-state index contributed by atoms with van der Waals surface area (Å²) in [6.07, 6.45) is 8.51. The smallest absolute Gasteiger partial charge is 0.407 e. The van der Waals surface area contributed by atoms with Crippen molar-refractivity contribution in [3.63, 3.8) is 0 Å². The van der Waals surface area contributed by atoms with Gasteiger partial charge in [-0.05, 0) is 244 Å². The highest BCUT2D eigenvalue weighted by Crippen LogP contribution is 2.45. The highest BCUT2D eigenvalue weighted by Gasteiger charge is 2.46. The van der Waals surface area contributed by atoms with Crippen LogP contribution < -0.4 is 61.8 Å². The van der Waals surface area contributed by atoms with Gasteiger partial charge in [-0.25, -0.2) is 83.7 Å². The number of fused-ring (bicyclic) bond motifs is 12. The molecule has 8 fully saturated rings. The van der Waals surface area contributed by atoms with Crippen molar-refractivity contribution in [3.8, 4) is 0 Å². The predicted molar refractivity (Wildman–Crippen MR) is 479 cm³/mol. The van der Waals surface area contributed by atoms with Crippen LogP contribution in [0.4, 0.5) is 83.4 Å². The second-order valence-corrected chi connectivity index (χ2v) is 42.0.